The molecule has 2 aromatic rings. The molecule has 0 unspecified atom stereocenters. The number of guanidine groups is 1. The van der Waals surface area contributed by atoms with Crippen molar-refractivity contribution in [1.29, 1.82) is 0 Å². The van der Waals surface area contributed by atoms with Crippen molar-refractivity contribution in [2.24, 2.45) is 16.5 Å². The van der Waals surface area contributed by atoms with Gasteiger partial charge in [0.1, 0.15) is 5.88 Å². The van der Waals surface area contributed by atoms with Crippen LogP contribution in [-0.2, 0) is 16.5 Å². The number of fused-ring (bicyclic) bond motifs is 2. The van der Waals surface area contributed by atoms with Crippen LogP contribution in [0.5, 0.6) is 11.5 Å². The van der Waals surface area contributed by atoms with E-state index in [2.05, 4.69) is 10.3 Å². The van der Waals surface area contributed by atoms with Crippen LogP contribution < -0.4 is 26.3 Å². The molecular formula is C19H20N4O7S. The molecular weight excluding hydrogens is 428 g/mol. The Hall–Kier alpha value is -3.64. The van der Waals surface area contributed by atoms with Gasteiger partial charge in [-0.05, 0) is 48.7 Å². The molecule has 0 saturated carbocycles. The summed E-state index contributed by atoms with van der Waals surface area (Å²) in [6.07, 6.45) is 0.941. The number of amides is 1. The number of carbonyl (C=O) groups excluding carboxylic acids is 2. The molecule has 3 rings (SSSR count). The predicted octanol–water partition coefficient (Wildman–Crippen LogP) is 0.711. The van der Waals surface area contributed by atoms with Crippen LogP contribution >= 0.6 is 0 Å². The lowest BCUT2D eigenvalue weighted by atomic mass is 10.0. The highest BCUT2D eigenvalue weighted by atomic mass is 32.2. The minimum atomic E-state index is -4.41. The lowest BCUT2D eigenvalue weighted by Crippen LogP contribution is -2.29. The molecule has 2 aromatic carbocycles. The fourth-order valence-corrected chi connectivity index (χ4v) is 3.29. The van der Waals surface area contributed by atoms with Crippen LogP contribution in [0.1, 0.15) is 32.7 Å². The Balaban J connectivity index is 1.94. The van der Waals surface area contributed by atoms with Gasteiger partial charge in [0.15, 0.2) is 17.5 Å². The monoisotopic (exact) mass is 448 g/mol. The van der Waals surface area contributed by atoms with Gasteiger partial charge >= 0.3 is 5.97 Å². The molecule has 164 valence electrons. The number of nitrogens with two attached hydrogens (primary N) is 2. The molecule has 0 fully saturated rings. The minimum absolute atomic E-state index is 0.00865. The van der Waals surface area contributed by atoms with E-state index in [1.165, 1.54) is 18.2 Å². The highest BCUT2D eigenvalue weighted by Gasteiger charge is 2.23. The number of rotatable bonds is 4. The quantitative estimate of drug-likeness (QED) is 0.172. The molecule has 1 aliphatic heterocycles. The number of aliphatic imine (C=N–C) groups is 1. The maximum absolute atomic E-state index is 12.8. The van der Waals surface area contributed by atoms with E-state index in [9.17, 15) is 18.0 Å². The highest BCUT2D eigenvalue weighted by molar-refractivity contribution is 7.85. The Labute approximate surface area is 177 Å². The van der Waals surface area contributed by atoms with Gasteiger partial charge in [0.2, 0.25) is 0 Å². The van der Waals surface area contributed by atoms with E-state index in [0.717, 1.165) is 0 Å². The SMILES string of the molecule is NC(N)=Nc1ccc2c(c1)CCCOc1c(cccc1C(=O)NCS(=O)(=O)O)OC2=O. The fraction of sp³-hybridized carbons (Fsp3) is 0.211. The first-order valence-electron chi connectivity index (χ1n) is 9.08. The Morgan fingerprint density at radius 3 is 2.71 bits per heavy atom. The summed E-state index contributed by atoms with van der Waals surface area (Å²) in [4.78, 5) is 29.1. The van der Waals surface area contributed by atoms with Crippen LogP contribution in [0, 0.1) is 0 Å². The number of nitrogens with one attached hydrogen (secondary N) is 1. The topological polar surface area (TPSA) is 183 Å². The molecule has 1 amide bonds. The van der Waals surface area contributed by atoms with E-state index in [4.69, 9.17) is 25.5 Å². The molecule has 0 atom stereocenters. The number of benzene rings is 2. The first-order valence-corrected chi connectivity index (χ1v) is 10.7. The second-order valence-corrected chi connectivity index (χ2v) is 8.04. The smallest absolute Gasteiger partial charge is 0.343 e. The van der Waals surface area contributed by atoms with Gasteiger partial charge in [-0.1, -0.05) is 6.07 Å². The van der Waals surface area contributed by atoms with E-state index in [-0.39, 0.29) is 29.6 Å². The molecule has 1 heterocycles. The summed E-state index contributed by atoms with van der Waals surface area (Å²) in [5.74, 6) is -2.59. The van der Waals surface area contributed by atoms with Gasteiger partial charge in [-0.3, -0.25) is 9.35 Å². The Morgan fingerprint density at radius 2 is 2.00 bits per heavy atom. The molecule has 0 spiro atoms. The molecule has 11 nitrogen and oxygen atoms in total. The van der Waals surface area contributed by atoms with E-state index in [0.29, 0.717) is 29.7 Å². The summed E-state index contributed by atoms with van der Waals surface area (Å²) in [5.41, 5.74) is 12.2. The van der Waals surface area contributed by atoms with Crippen LogP contribution in [0.2, 0.25) is 0 Å². The molecule has 0 saturated heterocycles. The number of carbonyl (C=O) groups is 2. The molecule has 12 heteroatoms. The van der Waals surface area contributed by atoms with Gasteiger partial charge in [-0.15, -0.1) is 0 Å². The van der Waals surface area contributed by atoms with Crippen LogP contribution in [0.25, 0.3) is 0 Å². The van der Waals surface area contributed by atoms with Crippen LogP contribution in [-0.4, -0.2) is 43.3 Å². The summed E-state index contributed by atoms with van der Waals surface area (Å²) < 4.78 is 41.8. The zero-order chi connectivity index (χ0) is 22.6. The maximum atomic E-state index is 12.8. The zero-order valence-corrected chi connectivity index (χ0v) is 17.0. The summed E-state index contributed by atoms with van der Waals surface area (Å²) in [6.45, 7) is 0.180. The second kappa shape index (κ2) is 9.02. The van der Waals surface area contributed by atoms with Gasteiger partial charge in [0.25, 0.3) is 16.0 Å². The summed E-state index contributed by atoms with van der Waals surface area (Å²) in [5, 5.41) is 2.07. The number of nitrogens with zero attached hydrogens (tertiary/aromatic N) is 1. The van der Waals surface area contributed by atoms with Crippen molar-refractivity contribution >= 4 is 33.6 Å². The van der Waals surface area contributed by atoms with Gasteiger partial charge < -0.3 is 26.3 Å². The largest absolute Gasteiger partial charge is 0.489 e. The Morgan fingerprint density at radius 1 is 1.23 bits per heavy atom. The van der Waals surface area contributed by atoms with Crippen LogP contribution in [0.4, 0.5) is 5.69 Å². The number of para-hydroxylation sites is 1. The lowest BCUT2D eigenvalue weighted by Gasteiger charge is -2.18. The highest BCUT2D eigenvalue weighted by Crippen LogP contribution is 2.33. The molecule has 0 bridgehead atoms. The van der Waals surface area contributed by atoms with Crippen LogP contribution in [0.3, 0.4) is 0 Å². The van der Waals surface area contributed by atoms with Crippen molar-refractivity contribution in [3.63, 3.8) is 0 Å². The molecule has 0 aromatic heterocycles. The summed E-state index contributed by atoms with van der Waals surface area (Å²) in [6, 6.07) is 9.08. The van der Waals surface area contributed by atoms with E-state index in [1.54, 1.807) is 18.2 Å². The zero-order valence-electron chi connectivity index (χ0n) is 16.2. The third kappa shape index (κ3) is 5.71. The average molecular weight is 448 g/mol. The number of esters is 1. The van der Waals surface area contributed by atoms with Crippen molar-refractivity contribution in [2.75, 3.05) is 12.5 Å². The predicted molar refractivity (Wildman–Crippen MR) is 111 cm³/mol. The van der Waals surface area contributed by atoms with E-state index >= 15 is 0 Å². The summed E-state index contributed by atoms with van der Waals surface area (Å²) >= 11 is 0. The number of hydrogen-bond acceptors (Lipinski definition) is 7. The molecule has 6 N–H and O–H groups in total. The van der Waals surface area contributed by atoms with Crippen molar-refractivity contribution in [2.45, 2.75) is 12.8 Å². The maximum Gasteiger partial charge on any atom is 0.343 e. The molecule has 0 aliphatic carbocycles. The third-order valence-electron chi connectivity index (χ3n) is 4.25. The Bertz CT molecular complexity index is 1160. The molecule has 31 heavy (non-hydrogen) atoms. The van der Waals surface area contributed by atoms with Crippen molar-refractivity contribution in [3.05, 3.63) is 53.1 Å². The first-order chi connectivity index (χ1) is 14.6. The lowest BCUT2D eigenvalue weighted by molar-refractivity contribution is 0.0722. The van der Waals surface area contributed by atoms with Crippen molar-refractivity contribution < 1.29 is 32.0 Å². The van der Waals surface area contributed by atoms with Crippen molar-refractivity contribution in [1.82, 2.24) is 5.32 Å². The average Bonchev–Trinajstić information content (AvgIpc) is 2.69. The van der Waals surface area contributed by atoms with Gasteiger partial charge in [-0.25, -0.2) is 9.79 Å². The minimum Gasteiger partial charge on any atom is -0.489 e. The third-order valence-corrected chi connectivity index (χ3v) is 4.75. The van der Waals surface area contributed by atoms with Crippen LogP contribution in [0.15, 0.2) is 41.4 Å². The summed E-state index contributed by atoms with van der Waals surface area (Å²) in [7, 11) is -4.41. The van der Waals surface area contributed by atoms with Crippen molar-refractivity contribution in [3.8, 4) is 11.5 Å². The molecule has 1 aliphatic rings. The fourth-order valence-electron chi connectivity index (χ4n) is 2.97. The number of hydrogen-bond donors (Lipinski definition) is 4. The van der Waals surface area contributed by atoms with Gasteiger partial charge in [0.05, 0.1) is 23.4 Å². The normalized spacial score (nSPS) is 13.6. The second-order valence-electron chi connectivity index (χ2n) is 6.58. The molecule has 0 radical (unpaired) electrons. The standard InChI is InChI=1S/C19H20N4O7S/c20-19(21)23-12-6-7-13-11(9-12)3-2-8-29-16-14(17(24)22-10-31(26,27)28)4-1-5-15(16)30-18(13)25/h1,4-7,9H,2-3,8,10H2,(H,22,24)(H4,20,21,23)(H,26,27,28). The van der Waals surface area contributed by atoms with Gasteiger partial charge in [-0.2, -0.15) is 8.42 Å². The first kappa shape index (κ1) is 22.1. The van der Waals surface area contributed by atoms with E-state index < -0.39 is 27.9 Å². The number of ether oxygens (including phenoxy) is 2. The van der Waals surface area contributed by atoms with Gasteiger partial charge in [0, 0.05) is 0 Å². The number of aryl methyl sites for hydroxylation is 1. The Kier molecular flexibility index (Phi) is 6.42. The van der Waals surface area contributed by atoms with E-state index in [1.807, 2.05) is 0 Å².